The average Bonchev–Trinajstić information content (AvgIpc) is 3.04. The second-order valence-electron chi connectivity index (χ2n) is 8.32. The molecule has 1 N–H and O–H groups in total. The number of likely N-dealkylation sites (tertiary alicyclic amines) is 1. The van der Waals surface area contributed by atoms with E-state index in [0.717, 1.165) is 64.2 Å². The highest BCUT2D eigenvalue weighted by molar-refractivity contribution is 5.94. The summed E-state index contributed by atoms with van der Waals surface area (Å²) >= 11 is 0. The van der Waals surface area contributed by atoms with E-state index in [1.54, 1.807) is 0 Å². The van der Waals surface area contributed by atoms with Crippen LogP contribution in [0.4, 0.5) is 5.69 Å². The van der Waals surface area contributed by atoms with Crippen molar-refractivity contribution in [2.75, 3.05) is 51.1 Å². The fourth-order valence-electron chi connectivity index (χ4n) is 4.16. The lowest BCUT2D eigenvalue weighted by atomic mass is 10.1. The van der Waals surface area contributed by atoms with Crippen LogP contribution in [0.3, 0.4) is 0 Å². The van der Waals surface area contributed by atoms with Crippen LogP contribution >= 0.6 is 0 Å². The lowest BCUT2D eigenvalue weighted by Crippen LogP contribution is -2.54. The number of anilines is 1. The zero-order valence-corrected chi connectivity index (χ0v) is 18.0. The largest absolute Gasteiger partial charge is 0.342 e. The van der Waals surface area contributed by atoms with E-state index in [1.165, 1.54) is 18.4 Å². The predicted molar refractivity (Wildman–Crippen MR) is 117 cm³/mol. The first kappa shape index (κ1) is 21.8. The lowest BCUT2D eigenvalue weighted by Gasteiger charge is -2.37. The molecular weight excluding hydrogens is 364 g/mol. The van der Waals surface area contributed by atoms with E-state index in [1.807, 2.05) is 24.0 Å². The molecule has 2 fully saturated rings. The van der Waals surface area contributed by atoms with Gasteiger partial charge in [0.25, 0.3) is 0 Å². The SMILES string of the molecule is CCc1ccc(NC(=O)[C@H](C)N2CCN(CC(=O)N3CCCCCC3)CC2)cc1. The molecule has 3 rings (SSSR count). The number of hydrogen-bond acceptors (Lipinski definition) is 4. The Hall–Kier alpha value is -1.92. The van der Waals surface area contributed by atoms with Gasteiger partial charge in [0.05, 0.1) is 12.6 Å². The second-order valence-corrected chi connectivity index (χ2v) is 8.32. The molecule has 0 aromatic heterocycles. The van der Waals surface area contributed by atoms with E-state index in [2.05, 4.69) is 34.2 Å². The van der Waals surface area contributed by atoms with E-state index in [4.69, 9.17) is 0 Å². The number of aryl methyl sites for hydroxylation is 1. The van der Waals surface area contributed by atoms with Crippen molar-refractivity contribution in [3.05, 3.63) is 29.8 Å². The van der Waals surface area contributed by atoms with Gasteiger partial charge in [-0.25, -0.2) is 0 Å². The third-order valence-electron chi connectivity index (χ3n) is 6.28. The molecular formula is C23H36N4O2. The van der Waals surface area contributed by atoms with Crippen molar-refractivity contribution in [3.63, 3.8) is 0 Å². The van der Waals surface area contributed by atoms with Gasteiger partial charge in [0, 0.05) is 45.0 Å². The van der Waals surface area contributed by atoms with E-state index in [0.29, 0.717) is 6.54 Å². The highest BCUT2D eigenvalue weighted by Gasteiger charge is 2.27. The number of carbonyl (C=O) groups is 2. The zero-order chi connectivity index (χ0) is 20.6. The molecule has 2 aliphatic rings. The minimum absolute atomic E-state index is 0.0309. The maximum Gasteiger partial charge on any atom is 0.241 e. The van der Waals surface area contributed by atoms with Gasteiger partial charge in [-0.05, 0) is 43.9 Å². The predicted octanol–water partition coefficient (Wildman–Crippen LogP) is 2.60. The number of amides is 2. The van der Waals surface area contributed by atoms with Crippen LogP contribution in [0.15, 0.2) is 24.3 Å². The minimum atomic E-state index is -0.177. The Balaban J connectivity index is 1.42. The highest BCUT2D eigenvalue weighted by atomic mass is 16.2. The molecule has 0 aliphatic carbocycles. The quantitative estimate of drug-likeness (QED) is 0.798. The van der Waals surface area contributed by atoms with Gasteiger partial charge in [-0.15, -0.1) is 0 Å². The molecule has 1 aromatic rings. The van der Waals surface area contributed by atoms with Crippen molar-refractivity contribution in [1.29, 1.82) is 0 Å². The first-order valence-corrected chi connectivity index (χ1v) is 11.2. The summed E-state index contributed by atoms with van der Waals surface area (Å²) in [5.41, 5.74) is 2.11. The summed E-state index contributed by atoms with van der Waals surface area (Å²) in [7, 11) is 0. The van der Waals surface area contributed by atoms with E-state index >= 15 is 0 Å². The Kier molecular flexibility index (Phi) is 8.07. The Bertz CT molecular complexity index is 660. The summed E-state index contributed by atoms with van der Waals surface area (Å²) in [6, 6.07) is 7.87. The van der Waals surface area contributed by atoms with Gasteiger partial charge in [-0.2, -0.15) is 0 Å². The van der Waals surface area contributed by atoms with Crippen LogP contribution in [0.5, 0.6) is 0 Å². The van der Waals surface area contributed by atoms with Crippen LogP contribution in [0.1, 0.15) is 45.1 Å². The van der Waals surface area contributed by atoms with Crippen molar-refractivity contribution in [3.8, 4) is 0 Å². The van der Waals surface area contributed by atoms with Crippen LogP contribution in [-0.2, 0) is 16.0 Å². The third kappa shape index (κ3) is 6.28. The molecule has 0 unspecified atom stereocenters. The number of piperazine rings is 1. The maximum atomic E-state index is 12.6. The van der Waals surface area contributed by atoms with E-state index < -0.39 is 0 Å². The molecule has 2 heterocycles. The molecule has 1 aromatic carbocycles. The number of hydrogen-bond donors (Lipinski definition) is 1. The maximum absolute atomic E-state index is 12.6. The third-order valence-corrected chi connectivity index (χ3v) is 6.28. The van der Waals surface area contributed by atoms with Crippen LogP contribution < -0.4 is 5.32 Å². The van der Waals surface area contributed by atoms with Gasteiger partial charge >= 0.3 is 0 Å². The van der Waals surface area contributed by atoms with Crippen molar-refractivity contribution in [2.45, 2.75) is 52.0 Å². The Morgan fingerprint density at radius 3 is 2.14 bits per heavy atom. The molecule has 6 nitrogen and oxygen atoms in total. The monoisotopic (exact) mass is 400 g/mol. The Morgan fingerprint density at radius 2 is 1.55 bits per heavy atom. The topological polar surface area (TPSA) is 55.9 Å². The van der Waals surface area contributed by atoms with Gasteiger partial charge in [0.15, 0.2) is 0 Å². The molecule has 2 amide bonds. The second kappa shape index (κ2) is 10.7. The van der Waals surface area contributed by atoms with Gasteiger partial charge in [0.1, 0.15) is 0 Å². The normalized spacial score (nSPS) is 20.1. The van der Waals surface area contributed by atoms with Gasteiger partial charge in [-0.3, -0.25) is 19.4 Å². The molecule has 6 heteroatoms. The molecule has 29 heavy (non-hydrogen) atoms. The number of benzene rings is 1. The van der Waals surface area contributed by atoms with Crippen molar-refractivity contribution >= 4 is 17.5 Å². The summed E-state index contributed by atoms with van der Waals surface area (Å²) in [4.78, 5) is 31.7. The number of rotatable bonds is 6. The molecule has 0 radical (unpaired) electrons. The highest BCUT2D eigenvalue weighted by Crippen LogP contribution is 2.14. The minimum Gasteiger partial charge on any atom is -0.342 e. The molecule has 2 saturated heterocycles. The van der Waals surface area contributed by atoms with Gasteiger partial charge in [0.2, 0.25) is 11.8 Å². The summed E-state index contributed by atoms with van der Waals surface area (Å²) in [5, 5.41) is 3.03. The smallest absolute Gasteiger partial charge is 0.241 e. The lowest BCUT2D eigenvalue weighted by molar-refractivity contribution is -0.133. The van der Waals surface area contributed by atoms with E-state index in [-0.39, 0.29) is 17.9 Å². The van der Waals surface area contributed by atoms with Crippen LogP contribution in [0.2, 0.25) is 0 Å². The van der Waals surface area contributed by atoms with Gasteiger partial charge < -0.3 is 10.2 Å². The number of carbonyl (C=O) groups excluding carboxylic acids is 2. The van der Waals surface area contributed by atoms with Gasteiger partial charge in [-0.1, -0.05) is 31.9 Å². The fraction of sp³-hybridized carbons (Fsp3) is 0.652. The standard InChI is InChI=1S/C23H36N4O2/c1-3-20-8-10-21(11-9-20)24-23(29)19(2)26-16-14-25(15-17-26)18-22(28)27-12-6-4-5-7-13-27/h8-11,19H,3-7,12-18H2,1-2H3,(H,24,29)/t19-/m0/s1. The average molecular weight is 401 g/mol. The summed E-state index contributed by atoms with van der Waals surface area (Å²) < 4.78 is 0. The number of nitrogens with one attached hydrogen (secondary N) is 1. The van der Waals surface area contributed by atoms with Crippen LogP contribution in [0.25, 0.3) is 0 Å². The molecule has 160 valence electrons. The molecule has 1 atom stereocenters. The number of nitrogens with zero attached hydrogens (tertiary/aromatic N) is 3. The van der Waals surface area contributed by atoms with Crippen LogP contribution in [-0.4, -0.2) is 78.4 Å². The first-order chi connectivity index (χ1) is 14.1. The summed E-state index contributed by atoms with van der Waals surface area (Å²) in [5.74, 6) is 0.296. The molecule has 0 bridgehead atoms. The molecule has 0 saturated carbocycles. The Morgan fingerprint density at radius 1 is 0.931 bits per heavy atom. The fourth-order valence-corrected chi connectivity index (χ4v) is 4.16. The molecule has 2 aliphatic heterocycles. The summed E-state index contributed by atoms with van der Waals surface area (Å²) in [6.45, 7) is 9.73. The van der Waals surface area contributed by atoms with Crippen LogP contribution in [0, 0.1) is 0 Å². The van der Waals surface area contributed by atoms with E-state index in [9.17, 15) is 9.59 Å². The molecule has 0 spiro atoms. The zero-order valence-electron chi connectivity index (χ0n) is 18.0. The van der Waals surface area contributed by atoms with Crippen molar-refractivity contribution < 1.29 is 9.59 Å². The van der Waals surface area contributed by atoms with Crippen molar-refractivity contribution in [2.24, 2.45) is 0 Å². The Labute approximate surface area is 175 Å². The summed E-state index contributed by atoms with van der Waals surface area (Å²) in [6.07, 6.45) is 5.74. The van der Waals surface area contributed by atoms with Crippen molar-refractivity contribution in [1.82, 2.24) is 14.7 Å². The first-order valence-electron chi connectivity index (χ1n) is 11.2.